The molecule has 0 saturated carbocycles. The Morgan fingerprint density at radius 2 is 1.95 bits per heavy atom. The molecule has 0 bridgehead atoms. The third kappa shape index (κ3) is 4.32. The van der Waals surface area contributed by atoms with E-state index < -0.39 is 0 Å². The number of benzene rings is 2. The zero-order valence-corrected chi connectivity index (χ0v) is 13.0. The Morgan fingerprint density at radius 3 is 2.59 bits per heavy atom. The highest BCUT2D eigenvalue weighted by Crippen LogP contribution is 2.13. The van der Waals surface area contributed by atoms with E-state index in [1.807, 2.05) is 42.6 Å². The molecule has 2 aromatic carbocycles. The first-order valence-electron chi connectivity index (χ1n) is 6.98. The molecule has 0 aromatic heterocycles. The number of nitrogens with two attached hydrogens (primary N) is 1. The molecule has 22 heavy (non-hydrogen) atoms. The van der Waals surface area contributed by atoms with Gasteiger partial charge in [0.25, 0.3) is 5.91 Å². The van der Waals surface area contributed by atoms with Crippen LogP contribution in [0.4, 0.5) is 5.69 Å². The number of amides is 1. The number of anilines is 1. The Morgan fingerprint density at radius 1 is 1.27 bits per heavy atom. The largest absolute Gasteiger partial charge is 0.332 e. The van der Waals surface area contributed by atoms with Gasteiger partial charge in [0.05, 0.1) is 11.6 Å². The summed E-state index contributed by atoms with van der Waals surface area (Å²) >= 11 is 6.10. The first-order chi connectivity index (χ1) is 10.6. The van der Waals surface area contributed by atoms with Gasteiger partial charge in [0.1, 0.15) is 6.54 Å². The zero-order valence-electron chi connectivity index (χ0n) is 12.2. The van der Waals surface area contributed by atoms with E-state index in [4.69, 9.17) is 16.9 Å². The molecule has 0 aliphatic carbocycles. The lowest BCUT2D eigenvalue weighted by atomic mass is 10.2. The van der Waals surface area contributed by atoms with Crippen molar-refractivity contribution in [2.24, 2.45) is 0 Å². The van der Waals surface area contributed by atoms with E-state index in [0.717, 1.165) is 5.56 Å². The van der Waals surface area contributed by atoms with Crippen molar-refractivity contribution < 1.29 is 10.1 Å². The summed E-state index contributed by atoms with van der Waals surface area (Å²) in [6, 6.07) is 16.2. The van der Waals surface area contributed by atoms with Crippen LogP contribution in [0.1, 0.15) is 18.1 Å². The number of quaternary nitrogens is 1. The Bertz CT molecular complexity index is 692. The highest BCUT2D eigenvalue weighted by molar-refractivity contribution is 6.31. The third-order valence-electron chi connectivity index (χ3n) is 3.34. The Labute approximate surface area is 134 Å². The van der Waals surface area contributed by atoms with Crippen LogP contribution in [-0.2, 0) is 11.3 Å². The topological polar surface area (TPSA) is 69.5 Å². The van der Waals surface area contributed by atoms with Gasteiger partial charge in [-0.2, -0.15) is 5.26 Å². The number of nitrogens with one attached hydrogen (secondary N) is 1. The summed E-state index contributed by atoms with van der Waals surface area (Å²) in [5, 5.41) is 14.2. The van der Waals surface area contributed by atoms with E-state index in [1.54, 1.807) is 24.3 Å². The van der Waals surface area contributed by atoms with Gasteiger partial charge in [-0.1, -0.05) is 29.8 Å². The molecule has 112 valence electrons. The minimum Gasteiger partial charge on any atom is -0.332 e. The molecule has 5 heteroatoms. The van der Waals surface area contributed by atoms with E-state index in [9.17, 15) is 4.79 Å². The first kappa shape index (κ1) is 16.0. The Kier molecular flexibility index (Phi) is 5.54. The number of hydrogen-bond acceptors (Lipinski definition) is 2. The summed E-state index contributed by atoms with van der Waals surface area (Å²) in [6.45, 7) is 2.48. The fraction of sp³-hybridized carbons (Fsp3) is 0.176. The summed E-state index contributed by atoms with van der Waals surface area (Å²) < 4.78 is 0. The molecule has 1 atom stereocenters. The molecule has 2 rings (SSSR count). The van der Waals surface area contributed by atoms with Crippen LogP contribution in [0, 0.1) is 11.3 Å². The number of halogens is 1. The number of nitriles is 1. The van der Waals surface area contributed by atoms with E-state index in [0.29, 0.717) is 22.8 Å². The Hall–Kier alpha value is -2.35. The molecular weight excluding hydrogens is 298 g/mol. The molecule has 2 aromatic rings. The van der Waals surface area contributed by atoms with Crippen molar-refractivity contribution in [1.29, 1.82) is 5.26 Å². The van der Waals surface area contributed by atoms with Crippen molar-refractivity contribution in [1.82, 2.24) is 0 Å². The summed E-state index contributed by atoms with van der Waals surface area (Å²) in [5.41, 5.74) is 2.25. The maximum Gasteiger partial charge on any atom is 0.282 e. The molecule has 0 unspecified atom stereocenters. The molecule has 0 saturated heterocycles. The number of hydrogen-bond donors (Lipinski definition) is 2. The minimum atomic E-state index is -0.244. The number of rotatable bonds is 5. The van der Waals surface area contributed by atoms with Gasteiger partial charge < -0.3 is 10.6 Å². The van der Waals surface area contributed by atoms with Crippen molar-refractivity contribution in [3.63, 3.8) is 0 Å². The third-order valence-corrected chi connectivity index (χ3v) is 3.71. The van der Waals surface area contributed by atoms with Crippen LogP contribution in [0.3, 0.4) is 0 Å². The smallest absolute Gasteiger partial charge is 0.282 e. The van der Waals surface area contributed by atoms with Gasteiger partial charge >= 0.3 is 0 Å². The molecule has 0 radical (unpaired) electrons. The average molecular weight is 315 g/mol. The summed E-state index contributed by atoms with van der Waals surface area (Å²) in [6.07, 6.45) is 0. The number of carbonyl (C=O) groups excluding carboxylic acids is 1. The van der Waals surface area contributed by atoms with Crippen LogP contribution < -0.4 is 10.6 Å². The first-order valence-corrected chi connectivity index (χ1v) is 7.35. The molecule has 0 spiro atoms. The summed E-state index contributed by atoms with van der Waals surface area (Å²) in [7, 11) is 0. The lowest BCUT2D eigenvalue weighted by Crippen LogP contribution is -2.90. The van der Waals surface area contributed by atoms with Gasteiger partial charge in [0.15, 0.2) is 6.04 Å². The maximum absolute atomic E-state index is 12.1. The molecule has 3 N–H and O–H groups in total. The quantitative estimate of drug-likeness (QED) is 0.889. The molecule has 0 heterocycles. The van der Waals surface area contributed by atoms with Gasteiger partial charge in [-0.15, -0.1) is 0 Å². The normalized spacial score (nSPS) is 11.5. The highest BCUT2D eigenvalue weighted by atomic mass is 35.5. The predicted octanol–water partition coefficient (Wildman–Crippen LogP) is 2.30. The van der Waals surface area contributed by atoms with Crippen LogP contribution in [0.5, 0.6) is 0 Å². The van der Waals surface area contributed by atoms with Crippen molar-refractivity contribution in [2.45, 2.75) is 19.5 Å². The van der Waals surface area contributed by atoms with E-state index in [-0.39, 0.29) is 11.9 Å². The maximum atomic E-state index is 12.1. The van der Waals surface area contributed by atoms with Crippen LogP contribution in [0.25, 0.3) is 0 Å². The standard InChI is InChI=1S/C17H16ClN3O/c1-12(20-11-14-4-2-3-5-16(14)18)17(22)21-15-8-6-13(10-19)7-9-15/h2-9,12,20H,11H2,1H3,(H,21,22)/p+1/t12-/m0/s1. The van der Waals surface area contributed by atoms with E-state index in [2.05, 4.69) is 5.32 Å². The molecule has 0 fully saturated rings. The van der Waals surface area contributed by atoms with Crippen molar-refractivity contribution >= 4 is 23.2 Å². The predicted molar refractivity (Wildman–Crippen MR) is 86.3 cm³/mol. The van der Waals surface area contributed by atoms with Gasteiger partial charge in [-0.05, 0) is 37.3 Å². The van der Waals surface area contributed by atoms with Gasteiger partial charge in [-0.25, -0.2) is 0 Å². The van der Waals surface area contributed by atoms with Crippen LogP contribution in [-0.4, -0.2) is 11.9 Å². The fourth-order valence-electron chi connectivity index (χ4n) is 1.96. The van der Waals surface area contributed by atoms with E-state index >= 15 is 0 Å². The number of nitrogens with zero attached hydrogens (tertiary/aromatic N) is 1. The second-order valence-electron chi connectivity index (χ2n) is 5.00. The van der Waals surface area contributed by atoms with Gasteiger partial charge in [0.2, 0.25) is 0 Å². The van der Waals surface area contributed by atoms with Gasteiger partial charge in [0, 0.05) is 16.3 Å². The molecule has 0 aliphatic heterocycles. The Balaban J connectivity index is 1.89. The van der Waals surface area contributed by atoms with Crippen LogP contribution in [0.2, 0.25) is 5.02 Å². The monoisotopic (exact) mass is 314 g/mol. The van der Waals surface area contributed by atoms with Crippen LogP contribution in [0.15, 0.2) is 48.5 Å². The highest BCUT2D eigenvalue weighted by Gasteiger charge is 2.16. The molecular formula is C17H17ClN3O+. The lowest BCUT2D eigenvalue weighted by molar-refractivity contribution is -0.688. The second kappa shape index (κ2) is 7.60. The van der Waals surface area contributed by atoms with Crippen LogP contribution >= 0.6 is 11.6 Å². The average Bonchev–Trinajstić information content (AvgIpc) is 2.54. The van der Waals surface area contributed by atoms with Gasteiger partial charge in [-0.3, -0.25) is 4.79 Å². The molecule has 4 nitrogen and oxygen atoms in total. The minimum absolute atomic E-state index is 0.0863. The van der Waals surface area contributed by atoms with Crippen molar-refractivity contribution in [3.05, 3.63) is 64.7 Å². The van der Waals surface area contributed by atoms with Crippen molar-refractivity contribution in [2.75, 3.05) is 5.32 Å². The molecule has 0 aliphatic rings. The second-order valence-corrected chi connectivity index (χ2v) is 5.41. The fourth-order valence-corrected chi connectivity index (χ4v) is 2.17. The lowest BCUT2D eigenvalue weighted by Gasteiger charge is -2.12. The van der Waals surface area contributed by atoms with E-state index in [1.165, 1.54) is 0 Å². The SMILES string of the molecule is C[C@H]([NH2+]Cc1ccccc1Cl)C(=O)Nc1ccc(C#N)cc1. The number of carbonyl (C=O) groups is 1. The molecule has 1 amide bonds. The van der Waals surface area contributed by atoms with Crippen molar-refractivity contribution in [3.8, 4) is 6.07 Å². The summed E-state index contributed by atoms with van der Waals surface area (Å²) in [4.78, 5) is 12.1. The zero-order chi connectivity index (χ0) is 15.9. The summed E-state index contributed by atoms with van der Waals surface area (Å²) in [5.74, 6) is -0.0863.